The van der Waals surface area contributed by atoms with Crippen LogP contribution in [0.4, 0.5) is 0 Å². The van der Waals surface area contributed by atoms with Gasteiger partial charge in [-0.25, -0.2) is 0 Å². The van der Waals surface area contributed by atoms with E-state index in [0.29, 0.717) is 0 Å². The van der Waals surface area contributed by atoms with E-state index >= 15 is 0 Å². The van der Waals surface area contributed by atoms with Crippen LogP contribution in [0.2, 0.25) is 0 Å². The van der Waals surface area contributed by atoms with Gasteiger partial charge in [-0.3, -0.25) is 0 Å². The Bertz CT molecular complexity index is 118. The van der Waals surface area contributed by atoms with Gasteiger partial charge in [-0.2, -0.15) is 0 Å². The summed E-state index contributed by atoms with van der Waals surface area (Å²) < 4.78 is 4.20. The largest absolute Gasteiger partial charge is 0.740 e. The normalized spacial score (nSPS) is 12.4. The van der Waals surface area contributed by atoms with Gasteiger partial charge in [0.25, 0.3) is 0 Å². The first-order valence-electron chi connectivity index (χ1n) is 3.56. The maximum absolute atomic E-state index is 8.35. The minimum absolute atomic E-state index is 0.820. The molecule has 0 aliphatic carbocycles. The third-order valence-corrected chi connectivity index (χ3v) is 1.50. The molecule has 0 heterocycles. The summed E-state index contributed by atoms with van der Waals surface area (Å²) in [5.74, 6) is 0. The summed E-state index contributed by atoms with van der Waals surface area (Å²) in [5.41, 5.74) is 0. The first-order chi connectivity index (χ1) is 5.06. The topological polar surface area (TPSA) is 69.9 Å². The van der Waals surface area contributed by atoms with Crippen LogP contribution in [0.3, 0.4) is 0 Å². The van der Waals surface area contributed by atoms with Gasteiger partial charge in [-0.05, 0) is 12.8 Å². The molecule has 0 saturated carbocycles. The van der Waals surface area contributed by atoms with Crippen molar-refractivity contribution in [1.82, 2.24) is 0 Å². The van der Waals surface area contributed by atoms with Gasteiger partial charge in [0.1, 0.15) is 0 Å². The van der Waals surface area contributed by atoms with Crippen molar-refractivity contribution in [2.24, 2.45) is 0 Å². The van der Waals surface area contributed by atoms with Gasteiger partial charge in [-0.15, -0.1) is 0 Å². The molecule has 3 N–H and O–H groups in total. The van der Waals surface area contributed by atoms with Gasteiger partial charge in [-0.1, -0.05) is 19.4 Å². The fourth-order valence-electron chi connectivity index (χ4n) is 0.529. The van der Waals surface area contributed by atoms with Crippen LogP contribution >= 0.6 is 0 Å². The Kier molecular flexibility index (Phi) is 5.13. The van der Waals surface area contributed by atoms with Gasteiger partial charge < -0.3 is 18.8 Å². The molecule has 0 rings (SSSR count). The van der Waals surface area contributed by atoms with Gasteiger partial charge in [0.2, 0.25) is 0 Å². The van der Waals surface area contributed by atoms with Crippen molar-refractivity contribution in [2.75, 3.05) is 0 Å². The number of rotatable bonds is 5. The first kappa shape index (κ1) is 10.6. The minimum atomic E-state index is -4.30. The Morgan fingerprint density at radius 1 is 1.36 bits per heavy atom. The molecule has 0 aliphatic rings. The Morgan fingerprint density at radius 3 is 2.45 bits per heavy atom. The van der Waals surface area contributed by atoms with E-state index in [0.717, 1.165) is 25.5 Å². The molecule has 0 aromatic heterocycles. The molecule has 0 amide bonds. The van der Waals surface area contributed by atoms with E-state index in [1.807, 2.05) is 0 Å². The summed E-state index contributed by atoms with van der Waals surface area (Å²) >= 11 is 0. The highest BCUT2D eigenvalue weighted by Crippen LogP contribution is 1.96. The average molecular weight is 178 g/mol. The zero-order valence-electron chi connectivity index (χ0n) is 6.53. The van der Waals surface area contributed by atoms with E-state index in [1.165, 1.54) is 0 Å². The lowest BCUT2D eigenvalue weighted by Crippen LogP contribution is -2.36. The maximum Gasteiger partial charge on any atom is 0.740 e. The molecule has 0 fully saturated rings. The van der Waals surface area contributed by atoms with Crippen LogP contribution in [0.25, 0.3) is 0 Å². The van der Waals surface area contributed by atoms with Crippen molar-refractivity contribution >= 4 is 9.05 Å². The molecule has 0 aromatic rings. The zero-order chi connectivity index (χ0) is 8.74. The Labute approximate surface area is 67.2 Å². The molecule has 0 radical (unpaired) electrons. The third-order valence-electron chi connectivity index (χ3n) is 1.05. The highest BCUT2D eigenvalue weighted by atomic mass is 28.4. The van der Waals surface area contributed by atoms with Gasteiger partial charge in [0, 0.05) is 0 Å². The average Bonchev–Trinajstić information content (AvgIpc) is 1.85. The smallest absolute Gasteiger partial charge is 0.487 e. The summed E-state index contributed by atoms with van der Waals surface area (Å²) in [6, 6.07) is 0. The Morgan fingerprint density at radius 2 is 2.00 bits per heavy atom. The van der Waals surface area contributed by atoms with Crippen molar-refractivity contribution in [2.45, 2.75) is 26.2 Å². The lowest BCUT2D eigenvalue weighted by molar-refractivity contribution is 0.106. The molecular formula is C6H14O4Si. The lowest BCUT2D eigenvalue weighted by atomic mass is 10.2. The highest BCUT2D eigenvalue weighted by Gasteiger charge is 2.31. The second kappa shape index (κ2) is 5.31. The SMILES string of the molecule is CCCCC=CO[Si](O)(O)O. The molecule has 0 atom stereocenters. The van der Waals surface area contributed by atoms with Crippen molar-refractivity contribution < 1.29 is 18.8 Å². The van der Waals surface area contributed by atoms with Gasteiger partial charge in [0.05, 0.1) is 6.26 Å². The third kappa shape index (κ3) is 9.64. The van der Waals surface area contributed by atoms with Crippen LogP contribution in [0.5, 0.6) is 0 Å². The number of allylic oxidation sites excluding steroid dienone is 1. The first-order valence-corrected chi connectivity index (χ1v) is 5.31. The molecular weight excluding hydrogens is 164 g/mol. The molecule has 0 spiro atoms. The van der Waals surface area contributed by atoms with Crippen LogP contribution in [-0.2, 0) is 4.43 Å². The van der Waals surface area contributed by atoms with Crippen LogP contribution in [-0.4, -0.2) is 23.4 Å². The summed E-state index contributed by atoms with van der Waals surface area (Å²) in [4.78, 5) is 25.1. The van der Waals surface area contributed by atoms with E-state index in [9.17, 15) is 0 Å². The molecule has 11 heavy (non-hydrogen) atoms. The molecule has 66 valence electrons. The predicted molar refractivity (Wildman–Crippen MR) is 42.2 cm³/mol. The maximum atomic E-state index is 8.35. The van der Waals surface area contributed by atoms with E-state index in [-0.39, 0.29) is 0 Å². The fourth-order valence-corrected chi connectivity index (χ4v) is 0.808. The van der Waals surface area contributed by atoms with E-state index < -0.39 is 9.05 Å². The van der Waals surface area contributed by atoms with Crippen LogP contribution in [0.15, 0.2) is 12.3 Å². The van der Waals surface area contributed by atoms with Gasteiger partial charge >= 0.3 is 9.05 Å². The second-order valence-electron chi connectivity index (χ2n) is 2.21. The standard InChI is InChI=1S/C6H14O4Si/c1-2-3-4-5-6-10-11(7,8)9/h5-9H,2-4H2,1H3. The summed E-state index contributed by atoms with van der Waals surface area (Å²) in [7, 11) is -4.30. The van der Waals surface area contributed by atoms with E-state index in [4.69, 9.17) is 14.4 Å². The molecule has 0 bridgehead atoms. The monoisotopic (exact) mass is 178 g/mol. The van der Waals surface area contributed by atoms with Crippen molar-refractivity contribution in [3.63, 3.8) is 0 Å². The number of hydrogen-bond donors (Lipinski definition) is 3. The molecule has 5 heteroatoms. The van der Waals surface area contributed by atoms with Crippen molar-refractivity contribution in [3.8, 4) is 0 Å². The Hall–Kier alpha value is -0.363. The second-order valence-corrected chi connectivity index (χ2v) is 3.59. The molecule has 0 unspecified atom stereocenters. The number of hydrogen-bond acceptors (Lipinski definition) is 4. The van der Waals surface area contributed by atoms with E-state index in [1.54, 1.807) is 6.08 Å². The lowest BCUT2D eigenvalue weighted by Gasteiger charge is -2.05. The predicted octanol–water partition coefficient (Wildman–Crippen LogP) is 0.119. The Balaban J connectivity index is 3.30. The summed E-state index contributed by atoms with van der Waals surface area (Å²) in [6.07, 6.45) is 5.69. The van der Waals surface area contributed by atoms with Crippen LogP contribution < -0.4 is 0 Å². The van der Waals surface area contributed by atoms with Crippen molar-refractivity contribution in [3.05, 3.63) is 12.3 Å². The number of unbranched alkanes of at least 4 members (excludes halogenated alkanes) is 2. The van der Waals surface area contributed by atoms with Crippen LogP contribution in [0.1, 0.15) is 26.2 Å². The van der Waals surface area contributed by atoms with Crippen molar-refractivity contribution in [1.29, 1.82) is 0 Å². The molecule has 4 nitrogen and oxygen atoms in total. The highest BCUT2D eigenvalue weighted by molar-refractivity contribution is 6.48. The summed E-state index contributed by atoms with van der Waals surface area (Å²) in [5, 5.41) is 0. The zero-order valence-corrected chi connectivity index (χ0v) is 7.53. The fraction of sp³-hybridized carbons (Fsp3) is 0.667. The molecule has 0 aromatic carbocycles. The summed E-state index contributed by atoms with van der Waals surface area (Å²) in [6.45, 7) is 2.05. The van der Waals surface area contributed by atoms with Crippen LogP contribution in [0, 0.1) is 0 Å². The molecule has 0 saturated heterocycles. The minimum Gasteiger partial charge on any atom is -0.487 e. The quantitative estimate of drug-likeness (QED) is 0.318. The van der Waals surface area contributed by atoms with Gasteiger partial charge in [0.15, 0.2) is 0 Å². The molecule has 0 aliphatic heterocycles. The van der Waals surface area contributed by atoms with E-state index in [2.05, 4.69) is 11.3 Å².